The van der Waals surface area contributed by atoms with Crippen molar-refractivity contribution in [3.05, 3.63) is 30.3 Å². The monoisotopic (exact) mass is 274 g/mol. The van der Waals surface area contributed by atoms with Gasteiger partial charge in [-0.15, -0.1) is 10.2 Å². The number of tetrazole rings is 1. The van der Waals surface area contributed by atoms with E-state index in [9.17, 15) is 0 Å². The average Bonchev–Trinajstić information content (AvgIpc) is 2.92. The number of nitrogens with one attached hydrogen (secondary N) is 1. The molecule has 0 bridgehead atoms. The second-order valence-electron chi connectivity index (χ2n) is 4.98. The zero-order valence-corrected chi connectivity index (χ0v) is 12.2. The van der Waals surface area contributed by atoms with Gasteiger partial charge in [0, 0.05) is 12.1 Å². The van der Waals surface area contributed by atoms with E-state index in [-0.39, 0.29) is 0 Å². The van der Waals surface area contributed by atoms with Crippen LogP contribution in [0.15, 0.2) is 30.3 Å². The highest BCUT2D eigenvalue weighted by atomic mass is 15.6. The van der Waals surface area contributed by atoms with E-state index in [4.69, 9.17) is 0 Å². The summed E-state index contributed by atoms with van der Waals surface area (Å²) in [5.41, 5.74) is 0.998. The summed E-state index contributed by atoms with van der Waals surface area (Å²) in [6.07, 6.45) is 1.15. The molecule has 0 atom stereocenters. The fourth-order valence-electron chi connectivity index (χ4n) is 1.87. The first-order valence-electron chi connectivity index (χ1n) is 6.94. The maximum absolute atomic E-state index is 4.37. The van der Waals surface area contributed by atoms with Crippen molar-refractivity contribution >= 4 is 0 Å². The van der Waals surface area contributed by atoms with Crippen LogP contribution in [0.5, 0.6) is 0 Å². The maximum Gasteiger partial charge on any atom is 0.204 e. The fourth-order valence-corrected chi connectivity index (χ4v) is 1.87. The van der Waals surface area contributed by atoms with E-state index in [0.29, 0.717) is 5.82 Å². The van der Waals surface area contributed by atoms with Crippen LogP contribution in [0.25, 0.3) is 11.4 Å². The summed E-state index contributed by atoms with van der Waals surface area (Å²) in [6.45, 7) is 3.71. The van der Waals surface area contributed by atoms with Crippen molar-refractivity contribution in [1.29, 1.82) is 0 Å². The first-order chi connectivity index (χ1) is 9.75. The molecule has 108 valence electrons. The molecule has 0 saturated carbocycles. The summed E-state index contributed by atoms with van der Waals surface area (Å²) in [4.78, 5) is 3.83. The Hall–Kier alpha value is -1.79. The van der Waals surface area contributed by atoms with Crippen LogP contribution in [-0.4, -0.2) is 58.8 Å². The minimum absolute atomic E-state index is 0.679. The van der Waals surface area contributed by atoms with Crippen LogP contribution in [0.1, 0.15) is 6.42 Å². The molecule has 0 unspecified atom stereocenters. The Morgan fingerprint density at radius 2 is 1.95 bits per heavy atom. The minimum Gasteiger partial charge on any atom is -0.315 e. The lowest BCUT2D eigenvalue weighted by Gasteiger charge is -2.09. The maximum atomic E-state index is 4.37. The molecule has 0 amide bonds. The van der Waals surface area contributed by atoms with Crippen molar-refractivity contribution in [2.75, 3.05) is 33.7 Å². The van der Waals surface area contributed by atoms with E-state index in [2.05, 4.69) is 39.7 Å². The predicted octanol–water partition coefficient (Wildman–Crippen LogP) is 0.881. The van der Waals surface area contributed by atoms with Gasteiger partial charge in [0.1, 0.15) is 0 Å². The lowest BCUT2D eigenvalue weighted by molar-refractivity contribution is 0.391. The number of rotatable bonds is 8. The molecule has 1 aromatic carbocycles. The zero-order valence-electron chi connectivity index (χ0n) is 12.2. The molecule has 1 aromatic heterocycles. The summed E-state index contributed by atoms with van der Waals surface area (Å²) >= 11 is 0. The summed E-state index contributed by atoms with van der Waals surface area (Å²) in [7, 11) is 4.18. The van der Waals surface area contributed by atoms with Gasteiger partial charge in [-0.3, -0.25) is 0 Å². The van der Waals surface area contributed by atoms with Gasteiger partial charge in [0.15, 0.2) is 0 Å². The predicted molar refractivity (Wildman–Crippen MR) is 79.3 cm³/mol. The lowest BCUT2D eigenvalue weighted by Crippen LogP contribution is -2.25. The normalized spacial score (nSPS) is 11.2. The van der Waals surface area contributed by atoms with Crippen molar-refractivity contribution < 1.29 is 0 Å². The van der Waals surface area contributed by atoms with Gasteiger partial charge in [-0.25, -0.2) is 0 Å². The third-order valence-corrected chi connectivity index (χ3v) is 2.93. The van der Waals surface area contributed by atoms with E-state index in [0.717, 1.165) is 38.2 Å². The molecule has 6 nitrogen and oxygen atoms in total. The summed E-state index contributed by atoms with van der Waals surface area (Å²) in [5.74, 6) is 0.679. The highest BCUT2D eigenvalue weighted by molar-refractivity contribution is 5.52. The summed E-state index contributed by atoms with van der Waals surface area (Å²) in [6, 6.07) is 9.90. The van der Waals surface area contributed by atoms with Crippen LogP contribution in [0, 0.1) is 0 Å². The summed E-state index contributed by atoms with van der Waals surface area (Å²) < 4.78 is 0. The van der Waals surface area contributed by atoms with Gasteiger partial charge in [-0.05, 0) is 38.8 Å². The van der Waals surface area contributed by atoms with Gasteiger partial charge in [-0.2, -0.15) is 4.80 Å². The van der Waals surface area contributed by atoms with Crippen molar-refractivity contribution in [1.82, 2.24) is 30.4 Å². The van der Waals surface area contributed by atoms with E-state index in [1.165, 1.54) is 0 Å². The van der Waals surface area contributed by atoms with Gasteiger partial charge in [0.05, 0.1) is 6.54 Å². The molecule has 0 fully saturated rings. The third-order valence-electron chi connectivity index (χ3n) is 2.93. The van der Waals surface area contributed by atoms with Gasteiger partial charge >= 0.3 is 0 Å². The minimum atomic E-state index is 0.679. The molecule has 1 heterocycles. The molecular formula is C14H22N6. The van der Waals surface area contributed by atoms with E-state index >= 15 is 0 Å². The molecule has 20 heavy (non-hydrogen) atoms. The number of benzene rings is 1. The Labute approximate surface area is 119 Å². The van der Waals surface area contributed by atoms with E-state index in [1.807, 2.05) is 30.3 Å². The molecule has 0 spiro atoms. The number of hydrogen-bond donors (Lipinski definition) is 1. The quantitative estimate of drug-likeness (QED) is 0.724. The topological polar surface area (TPSA) is 58.9 Å². The number of aromatic nitrogens is 4. The molecule has 0 radical (unpaired) electrons. The molecule has 2 rings (SSSR count). The third kappa shape index (κ3) is 4.71. The highest BCUT2D eigenvalue weighted by Gasteiger charge is 2.04. The molecule has 1 N–H and O–H groups in total. The smallest absolute Gasteiger partial charge is 0.204 e. The molecule has 0 aliphatic heterocycles. The average molecular weight is 274 g/mol. The largest absolute Gasteiger partial charge is 0.315 e. The Kier molecular flexibility index (Phi) is 5.64. The first kappa shape index (κ1) is 14.6. The Balaban J connectivity index is 1.71. The Morgan fingerprint density at radius 3 is 2.70 bits per heavy atom. The van der Waals surface area contributed by atoms with Crippen molar-refractivity contribution in [2.45, 2.75) is 13.0 Å². The van der Waals surface area contributed by atoms with Gasteiger partial charge < -0.3 is 10.2 Å². The van der Waals surface area contributed by atoms with Crippen molar-refractivity contribution in [3.63, 3.8) is 0 Å². The Morgan fingerprint density at radius 1 is 1.15 bits per heavy atom. The second kappa shape index (κ2) is 7.72. The van der Waals surface area contributed by atoms with Crippen LogP contribution < -0.4 is 5.32 Å². The molecule has 0 saturated heterocycles. The molecule has 0 aliphatic carbocycles. The molecule has 6 heteroatoms. The molecular weight excluding hydrogens is 252 g/mol. The second-order valence-corrected chi connectivity index (χ2v) is 4.98. The van der Waals surface area contributed by atoms with Gasteiger partial charge in [-0.1, -0.05) is 30.3 Å². The van der Waals surface area contributed by atoms with Crippen LogP contribution in [0.2, 0.25) is 0 Å². The Bertz CT molecular complexity index is 493. The first-order valence-corrected chi connectivity index (χ1v) is 6.94. The SMILES string of the molecule is CN(C)CCCNCCn1nnc(-c2ccccc2)n1. The molecule has 2 aromatic rings. The van der Waals surface area contributed by atoms with E-state index < -0.39 is 0 Å². The van der Waals surface area contributed by atoms with E-state index in [1.54, 1.807) is 4.80 Å². The van der Waals surface area contributed by atoms with Gasteiger partial charge in [0.25, 0.3) is 0 Å². The van der Waals surface area contributed by atoms with Gasteiger partial charge in [0.2, 0.25) is 5.82 Å². The van der Waals surface area contributed by atoms with Crippen molar-refractivity contribution in [3.8, 4) is 11.4 Å². The lowest BCUT2D eigenvalue weighted by atomic mass is 10.2. The van der Waals surface area contributed by atoms with Crippen LogP contribution >= 0.6 is 0 Å². The fraction of sp³-hybridized carbons (Fsp3) is 0.500. The number of nitrogens with zero attached hydrogens (tertiary/aromatic N) is 5. The standard InChI is InChI=1S/C14H22N6/c1-19(2)11-6-9-15-10-12-20-17-14(16-18-20)13-7-4-3-5-8-13/h3-5,7-8,15H,6,9-12H2,1-2H3. The van der Waals surface area contributed by atoms with Crippen LogP contribution in [-0.2, 0) is 6.54 Å². The van der Waals surface area contributed by atoms with Crippen LogP contribution in [0.3, 0.4) is 0 Å². The van der Waals surface area contributed by atoms with Crippen molar-refractivity contribution in [2.24, 2.45) is 0 Å². The molecule has 0 aliphatic rings. The highest BCUT2D eigenvalue weighted by Crippen LogP contribution is 2.11. The number of hydrogen-bond acceptors (Lipinski definition) is 5. The zero-order chi connectivity index (χ0) is 14.2. The summed E-state index contributed by atoms with van der Waals surface area (Å²) in [5, 5.41) is 15.9. The van der Waals surface area contributed by atoms with Crippen LogP contribution in [0.4, 0.5) is 0 Å².